The molecule has 0 unspecified atom stereocenters. The van der Waals surface area contributed by atoms with Crippen LogP contribution in [-0.4, -0.2) is 25.6 Å². The normalized spacial score (nSPS) is 10.6. The number of anilines is 1. The topological polar surface area (TPSA) is 64.6 Å². The van der Waals surface area contributed by atoms with Crippen LogP contribution in [0.2, 0.25) is 5.02 Å². The summed E-state index contributed by atoms with van der Waals surface area (Å²) >= 11 is 7.44. The number of nitrogens with one attached hydrogen (secondary N) is 1. The summed E-state index contributed by atoms with van der Waals surface area (Å²) in [6, 6.07) is 13.0. The summed E-state index contributed by atoms with van der Waals surface area (Å²) in [5, 5.41) is 3.77. The van der Waals surface area contributed by atoms with Gasteiger partial charge in [0.05, 0.1) is 7.11 Å². The summed E-state index contributed by atoms with van der Waals surface area (Å²) in [4.78, 5) is 26.0. The minimum absolute atomic E-state index is 0.172. The lowest BCUT2D eigenvalue weighted by Gasteiger charge is -2.11. The first-order valence-corrected chi connectivity index (χ1v) is 10.5. The number of benzene rings is 2. The number of amides is 1. The SMILES string of the molecule is COC(=O)c1c(NC(=O)COc2cc(C)ccc2C)sc(C)c1-c1cccc(Cl)c1. The number of methoxy groups -OCH3 is 1. The largest absolute Gasteiger partial charge is 0.483 e. The first-order valence-electron chi connectivity index (χ1n) is 9.27. The Kier molecular flexibility index (Phi) is 6.80. The molecule has 0 aliphatic heterocycles. The number of esters is 1. The van der Waals surface area contributed by atoms with Crippen molar-refractivity contribution in [1.29, 1.82) is 0 Å². The maximum atomic E-state index is 12.6. The fourth-order valence-electron chi connectivity index (χ4n) is 3.09. The molecule has 0 bridgehead atoms. The van der Waals surface area contributed by atoms with Gasteiger partial charge in [0.15, 0.2) is 6.61 Å². The van der Waals surface area contributed by atoms with Crippen molar-refractivity contribution in [3.63, 3.8) is 0 Å². The van der Waals surface area contributed by atoms with Crippen LogP contribution in [0, 0.1) is 20.8 Å². The van der Waals surface area contributed by atoms with E-state index in [1.165, 1.54) is 18.4 Å². The first kappa shape index (κ1) is 21.9. The van der Waals surface area contributed by atoms with Crippen LogP contribution in [0.5, 0.6) is 5.75 Å². The van der Waals surface area contributed by atoms with E-state index in [1.807, 2.05) is 51.1 Å². The molecule has 0 aliphatic carbocycles. The van der Waals surface area contributed by atoms with Crippen molar-refractivity contribution < 1.29 is 19.1 Å². The van der Waals surface area contributed by atoms with E-state index in [-0.39, 0.29) is 12.5 Å². The highest BCUT2D eigenvalue weighted by atomic mass is 35.5. The minimum atomic E-state index is -0.528. The van der Waals surface area contributed by atoms with Crippen LogP contribution in [0.25, 0.3) is 11.1 Å². The Labute approximate surface area is 184 Å². The molecule has 0 radical (unpaired) electrons. The van der Waals surface area contributed by atoms with Crippen molar-refractivity contribution >= 4 is 39.8 Å². The third-order valence-corrected chi connectivity index (χ3v) is 5.80. The Morgan fingerprint density at radius 1 is 1.10 bits per heavy atom. The summed E-state index contributed by atoms with van der Waals surface area (Å²) in [6.45, 7) is 5.59. The second kappa shape index (κ2) is 9.32. The zero-order valence-corrected chi connectivity index (χ0v) is 18.7. The standard InChI is InChI=1S/C23H22ClNO4S/c1-13-8-9-14(2)18(10-13)29-12-19(26)25-22-21(23(27)28-4)20(15(3)30-22)16-6-5-7-17(24)11-16/h5-11H,12H2,1-4H3,(H,25,26). The van der Waals surface area contributed by atoms with E-state index in [0.717, 1.165) is 21.6 Å². The van der Waals surface area contributed by atoms with E-state index < -0.39 is 5.97 Å². The zero-order valence-electron chi connectivity index (χ0n) is 17.2. The van der Waals surface area contributed by atoms with Gasteiger partial charge in [-0.2, -0.15) is 0 Å². The molecule has 1 heterocycles. The number of hydrogen-bond acceptors (Lipinski definition) is 5. The molecule has 156 valence electrons. The highest BCUT2D eigenvalue weighted by molar-refractivity contribution is 7.17. The summed E-state index contributed by atoms with van der Waals surface area (Å²) in [5.41, 5.74) is 3.77. The maximum Gasteiger partial charge on any atom is 0.341 e. The van der Waals surface area contributed by atoms with Crippen LogP contribution < -0.4 is 10.1 Å². The Morgan fingerprint density at radius 3 is 2.57 bits per heavy atom. The van der Waals surface area contributed by atoms with Crippen molar-refractivity contribution in [2.75, 3.05) is 19.0 Å². The van der Waals surface area contributed by atoms with Crippen LogP contribution in [0.3, 0.4) is 0 Å². The lowest BCUT2D eigenvalue weighted by Crippen LogP contribution is -2.21. The van der Waals surface area contributed by atoms with Gasteiger partial charge >= 0.3 is 5.97 Å². The predicted octanol–water partition coefficient (Wildman–Crippen LogP) is 5.80. The van der Waals surface area contributed by atoms with Crippen LogP contribution in [0.4, 0.5) is 5.00 Å². The first-order chi connectivity index (χ1) is 14.3. The molecule has 0 spiro atoms. The van der Waals surface area contributed by atoms with Gasteiger partial charge in [-0.25, -0.2) is 4.79 Å². The van der Waals surface area contributed by atoms with Gasteiger partial charge in [0, 0.05) is 15.5 Å². The molecule has 2 aromatic carbocycles. The third kappa shape index (κ3) is 4.83. The number of hydrogen-bond donors (Lipinski definition) is 1. The molecule has 0 atom stereocenters. The molecule has 0 saturated heterocycles. The molecule has 30 heavy (non-hydrogen) atoms. The molecule has 7 heteroatoms. The van der Waals surface area contributed by atoms with Crippen molar-refractivity contribution in [2.45, 2.75) is 20.8 Å². The molecular formula is C23H22ClNO4S. The van der Waals surface area contributed by atoms with Crippen LogP contribution in [0.1, 0.15) is 26.4 Å². The zero-order chi connectivity index (χ0) is 21.8. The van der Waals surface area contributed by atoms with Gasteiger partial charge in [-0.05, 0) is 55.7 Å². The molecule has 3 aromatic rings. The molecule has 0 saturated carbocycles. The fraction of sp³-hybridized carbons (Fsp3) is 0.217. The van der Waals surface area contributed by atoms with E-state index in [4.69, 9.17) is 21.1 Å². The van der Waals surface area contributed by atoms with Crippen molar-refractivity contribution in [1.82, 2.24) is 0 Å². The average molecular weight is 444 g/mol. The number of carbonyl (C=O) groups excluding carboxylic acids is 2. The van der Waals surface area contributed by atoms with Crippen LogP contribution >= 0.6 is 22.9 Å². The predicted molar refractivity (Wildman–Crippen MR) is 121 cm³/mol. The highest BCUT2D eigenvalue weighted by Crippen LogP contribution is 2.41. The molecular weight excluding hydrogens is 422 g/mol. The minimum Gasteiger partial charge on any atom is -0.483 e. The van der Waals surface area contributed by atoms with E-state index in [1.54, 1.807) is 12.1 Å². The second-order valence-corrected chi connectivity index (χ2v) is 8.51. The number of aryl methyl sites for hydroxylation is 3. The second-order valence-electron chi connectivity index (χ2n) is 6.85. The highest BCUT2D eigenvalue weighted by Gasteiger charge is 2.25. The number of thiophene rings is 1. The number of rotatable bonds is 6. The molecule has 1 amide bonds. The van der Waals surface area contributed by atoms with E-state index >= 15 is 0 Å². The van der Waals surface area contributed by atoms with Gasteiger partial charge < -0.3 is 14.8 Å². The van der Waals surface area contributed by atoms with Crippen LogP contribution in [0.15, 0.2) is 42.5 Å². The van der Waals surface area contributed by atoms with Gasteiger partial charge in [-0.15, -0.1) is 11.3 Å². The van der Waals surface area contributed by atoms with Crippen molar-refractivity contribution in [3.05, 3.63) is 69.1 Å². The Morgan fingerprint density at radius 2 is 1.87 bits per heavy atom. The third-order valence-electron chi connectivity index (χ3n) is 4.54. The van der Waals surface area contributed by atoms with Crippen molar-refractivity contribution in [3.8, 4) is 16.9 Å². The van der Waals surface area contributed by atoms with Gasteiger partial charge in [0.25, 0.3) is 5.91 Å². The van der Waals surface area contributed by atoms with Gasteiger partial charge in [-0.3, -0.25) is 4.79 Å². The summed E-state index contributed by atoms with van der Waals surface area (Å²) in [6.07, 6.45) is 0. The van der Waals surface area contributed by atoms with Gasteiger partial charge in [0.2, 0.25) is 0 Å². The number of ether oxygens (including phenoxy) is 2. The average Bonchev–Trinajstić information content (AvgIpc) is 3.03. The maximum absolute atomic E-state index is 12.6. The Bertz CT molecular complexity index is 1110. The summed E-state index contributed by atoms with van der Waals surface area (Å²) in [7, 11) is 1.31. The monoisotopic (exact) mass is 443 g/mol. The lowest BCUT2D eigenvalue weighted by atomic mass is 10.0. The summed E-state index contributed by atoms with van der Waals surface area (Å²) < 4.78 is 10.6. The molecule has 0 fully saturated rings. The fourth-order valence-corrected chi connectivity index (χ4v) is 4.36. The number of carbonyl (C=O) groups is 2. The number of halogens is 1. The van der Waals surface area contributed by atoms with Crippen LogP contribution in [-0.2, 0) is 9.53 Å². The van der Waals surface area contributed by atoms with E-state index in [2.05, 4.69) is 5.32 Å². The van der Waals surface area contributed by atoms with E-state index in [9.17, 15) is 9.59 Å². The Balaban J connectivity index is 1.86. The molecule has 3 rings (SSSR count). The lowest BCUT2D eigenvalue weighted by molar-refractivity contribution is -0.118. The Hall–Kier alpha value is -2.83. The van der Waals surface area contributed by atoms with E-state index in [0.29, 0.717) is 26.9 Å². The van der Waals surface area contributed by atoms with Gasteiger partial charge in [-0.1, -0.05) is 35.9 Å². The summed E-state index contributed by atoms with van der Waals surface area (Å²) in [5.74, 6) is -0.236. The van der Waals surface area contributed by atoms with Gasteiger partial charge in [0.1, 0.15) is 16.3 Å². The van der Waals surface area contributed by atoms with Crippen molar-refractivity contribution in [2.24, 2.45) is 0 Å². The molecule has 5 nitrogen and oxygen atoms in total. The molecule has 1 aromatic heterocycles. The quantitative estimate of drug-likeness (QED) is 0.489. The smallest absolute Gasteiger partial charge is 0.341 e. The molecule has 0 aliphatic rings. The molecule has 1 N–H and O–H groups in total.